The largest absolute Gasteiger partial charge is 0.462 e. The molecule has 0 saturated carbocycles. The van der Waals surface area contributed by atoms with Crippen molar-refractivity contribution < 1.29 is 14.3 Å². The molecule has 4 heteroatoms. The lowest BCUT2D eigenvalue weighted by Crippen LogP contribution is -2.10. The summed E-state index contributed by atoms with van der Waals surface area (Å²) in [7, 11) is 0. The normalized spacial score (nSPS) is 11.4. The highest BCUT2D eigenvalue weighted by molar-refractivity contribution is 8.04. The molecule has 0 heterocycles. The van der Waals surface area contributed by atoms with E-state index in [9.17, 15) is 4.79 Å². The van der Waals surface area contributed by atoms with Gasteiger partial charge in [0.05, 0.1) is 6.61 Å². The molecule has 0 spiro atoms. The number of carbonyl (C=O) groups excluding carboxylic acids is 1. The standard InChI is InChI=1S/C23H20O3S/c1-2-25-23(24)22(27-20-16-10-5-11-17-20)21(18-12-6-3-7-13-18)26-19-14-8-4-9-15-19/h3-17H,2H2,1H3/b22-21+. The van der Waals surface area contributed by atoms with Crippen molar-refractivity contribution in [3.8, 4) is 5.75 Å². The van der Waals surface area contributed by atoms with Crippen LogP contribution in [0, 0.1) is 0 Å². The van der Waals surface area contributed by atoms with E-state index in [0.29, 0.717) is 23.0 Å². The lowest BCUT2D eigenvalue weighted by atomic mass is 10.2. The van der Waals surface area contributed by atoms with Crippen molar-refractivity contribution in [2.75, 3.05) is 6.61 Å². The van der Waals surface area contributed by atoms with Crippen LogP contribution in [0.1, 0.15) is 12.5 Å². The maximum absolute atomic E-state index is 12.8. The zero-order chi connectivity index (χ0) is 18.9. The average Bonchev–Trinajstić information content (AvgIpc) is 2.73. The summed E-state index contributed by atoms with van der Waals surface area (Å²) >= 11 is 1.34. The maximum atomic E-state index is 12.8. The molecule has 0 atom stereocenters. The molecule has 0 bridgehead atoms. The van der Waals surface area contributed by atoms with Crippen molar-refractivity contribution in [2.45, 2.75) is 11.8 Å². The average molecular weight is 376 g/mol. The summed E-state index contributed by atoms with van der Waals surface area (Å²) in [6.45, 7) is 2.09. The number of para-hydroxylation sites is 1. The van der Waals surface area contributed by atoms with Crippen LogP contribution in [-0.2, 0) is 9.53 Å². The smallest absolute Gasteiger partial charge is 0.348 e. The number of carbonyl (C=O) groups is 1. The summed E-state index contributed by atoms with van der Waals surface area (Å²) in [6.07, 6.45) is 0. The first-order valence-corrected chi connectivity index (χ1v) is 9.52. The first kappa shape index (κ1) is 18.8. The van der Waals surface area contributed by atoms with Gasteiger partial charge in [-0.2, -0.15) is 0 Å². The number of thioether (sulfide) groups is 1. The van der Waals surface area contributed by atoms with Gasteiger partial charge in [-0.1, -0.05) is 78.5 Å². The number of esters is 1. The van der Waals surface area contributed by atoms with Crippen LogP contribution < -0.4 is 4.74 Å². The van der Waals surface area contributed by atoms with Gasteiger partial charge < -0.3 is 9.47 Å². The number of hydrogen-bond acceptors (Lipinski definition) is 4. The number of ether oxygens (including phenoxy) is 2. The SMILES string of the molecule is CCOC(=O)/C(Sc1ccccc1)=C(\Oc1ccccc1)c1ccccc1. The first-order valence-electron chi connectivity index (χ1n) is 8.70. The Morgan fingerprint density at radius 3 is 1.96 bits per heavy atom. The Labute approximate surface area is 163 Å². The van der Waals surface area contributed by atoms with E-state index in [-0.39, 0.29) is 0 Å². The van der Waals surface area contributed by atoms with Crippen LogP contribution in [0.15, 0.2) is 101 Å². The second-order valence-corrected chi connectivity index (χ2v) is 6.66. The van der Waals surface area contributed by atoms with Gasteiger partial charge in [-0.15, -0.1) is 0 Å². The summed E-state index contributed by atoms with van der Waals surface area (Å²) in [5.74, 6) is 0.738. The number of rotatable bonds is 7. The van der Waals surface area contributed by atoms with Gasteiger partial charge in [0.2, 0.25) is 0 Å². The van der Waals surface area contributed by atoms with Crippen LogP contribution in [0.3, 0.4) is 0 Å². The van der Waals surface area contributed by atoms with E-state index in [1.807, 2.05) is 91.0 Å². The Morgan fingerprint density at radius 2 is 1.37 bits per heavy atom. The lowest BCUT2D eigenvalue weighted by molar-refractivity contribution is -0.137. The van der Waals surface area contributed by atoms with Crippen molar-refractivity contribution in [1.82, 2.24) is 0 Å². The Balaban J connectivity index is 2.10. The Bertz CT molecular complexity index is 891. The molecule has 0 N–H and O–H groups in total. The molecule has 0 radical (unpaired) electrons. The van der Waals surface area contributed by atoms with Crippen LogP contribution in [0.2, 0.25) is 0 Å². The predicted octanol–water partition coefficient (Wildman–Crippen LogP) is 5.79. The van der Waals surface area contributed by atoms with Crippen molar-refractivity contribution in [2.24, 2.45) is 0 Å². The lowest BCUT2D eigenvalue weighted by Gasteiger charge is -2.16. The molecule has 27 heavy (non-hydrogen) atoms. The Morgan fingerprint density at radius 1 is 0.815 bits per heavy atom. The van der Waals surface area contributed by atoms with Gasteiger partial charge >= 0.3 is 5.97 Å². The van der Waals surface area contributed by atoms with E-state index in [4.69, 9.17) is 9.47 Å². The van der Waals surface area contributed by atoms with Crippen LogP contribution in [0.5, 0.6) is 5.75 Å². The number of hydrogen-bond donors (Lipinski definition) is 0. The Kier molecular flexibility index (Phi) is 6.72. The highest BCUT2D eigenvalue weighted by Gasteiger charge is 2.22. The summed E-state index contributed by atoms with van der Waals surface area (Å²) in [6, 6.07) is 28.8. The fourth-order valence-electron chi connectivity index (χ4n) is 2.42. The van der Waals surface area contributed by atoms with Gasteiger partial charge in [0.1, 0.15) is 10.7 Å². The molecule has 3 nitrogen and oxygen atoms in total. The van der Waals surface area contributed by atoms with Crippen LogP contribution in [0.4, 0.5) is 0 Å². The van der Waals surface area contributed by atoms with E-state index in [1.165, 1.54) is 11.8 Å². The van der Waals surface area contributed by atoms with Gasteiger partial charge in [0, 0.05) is 10.5 Å². The molecule has 3 aromatic rings. The summed E-state index contributed by atoms with van der Waals surface area (Å²) < 4.78 is 11.5. The van der Waals surface area contributed by atoms with Gasteiger partial charge in [0.25, 0.3) is 0 Å². The topological polar surface area (TPSA) is 35.5 Å². The quantitative estimate of drug-likeness (QED) is 0.226. The fourth-order valence-corrected chi connectivity index (χ4v) is 3.34. The van der Waals surface area contributed by atoms with Gasteiger partial charge in [0.15, 0.2) is 5.76 Å². The van der Waals surface area contributed by atoms with E-state index in [0.717, 1.165) is 10.5 Å². The predicted molar refractivity (Wildman–Crippen MR) is 109 cm³/mol. The molecule has 0 fully saturated rings. The molecule has 3 aromatic carbocycles. The summed E-state index contributed by atoms with van der Waals surface area (Å²) in [5.41, 5.74) is 0.813. The maximum Gasteiger partial charge on any atom is 0.348 e. The van der Waals surface area contributed by atoms with Crippen LogP contribution in [0.25, 0.3) is 5.76 Å². The van der Waals surface area contributed by atoms with Gasteiger partial charge in [-0.3, -0.25) is 0 Å². The molecular formula is C23H20O3S. The van der Waals surface area contributed by atoms with Crippen molar-refractivity contribution >= 4 is 23.5 Å². The zero-order valence-corrected chi connectivity index (χ0v) is 15.8. The summed E-state index contributed by atoms with van der Waals surface area (Å²) in [4.78, 5) is 14.1. The van der Waals surface area contributed by atoms with Crippen molar-refractivity contribution in [3.05, 3.63) is 101 Å². The minimum Gasteiger partial charge on any atom is -0.462 e. The van der Waals surface area contributed by atoms with E-state index < -0.39 is 5.97 Å². The third kappa shape index (κ3) is 5.25. The molecule has 0 aromatic heterocycles. The fraction of sp³-hybridized carbons (Fsp3) is 0.0870. The highest BCUT2D eigenvalue weighted by Crippen LogP contribution is 2.35. The first-order chi connectivity index (χ1) is 13.3. The molecular weight excluding hydrogens is 356 g/mol. The molecule has 0 aliphatic heterocycles. The Hall–Kier alpha value is -2.98. The van der Waals surface area contributed by atoms with E-state index in [1.54, 1.807) is 6.92 Å². The third-order valence-electron chi connectivity index (χ3n) is 3.63. The van der Waals surface area contributed by atoms with Crippen LogP contribution in [-0.4, -0.2) is 12.6 Å². The molecule has 136 valence electrons. The zero-order valence-electron chi connectivity index (χ0n) is 15.0. The van der Waals surface area contributed by atoms with E-state index in [2.05, 4.69) is 0 Å². The summed E-state index contributed by atoms with van der Waals surface area (Å²) in [5, 5.41) is 0. The van der Waals surface area contributed by atoms with Crippen molar-refractivity contribution in [1.29, 1.82) is 0 Å². The number of benzene rings is 3. The highest BCUT2D eigenvalue weighted by atomic mass is 32.2. The monoisotopic (exact) mass is 376 g/mol. The van der Waals surface area contributed by atoms with Crippen molar-refractivity contribution in [3.63, 3.8) is 0 Å². The molecule has 0 unspecified atom stereocenters. The molecule has 3 rings (SSSR count). The minimum absolute atomic E-state index is 0.297. The molecule has 0 aliphatic rings. The molecule has 0 aliphatic carbocycles. The second kappa shape index (κ2) is 9.64. The molecule has 0 amide bonds. The van der Waals surface area contributed by atoms with Gasteiger partial charge in [-0.25, -0.2) is 4.79 Å². The van der Waals surface area contributed by atoms with Crippen LogP contribution >= 0.6 is 11.8 Å². The van der Waals surface area contributed by atoms with Gasteiger partial charge in [-0.05, 0) is 31.2 Å². The second-order valence-electron chi connectivity index (χ2n) is 5.57. The minimum atomic E-state index is -0.402. The molecule has 0 saturated heterocycles. The van der Waals surface area contributed by atoms with E-state index >= 15 is 0 Å². The third-order valence-corrected chi connectivity index (χ3v) is 4.69.